The minimum Gasteiger partial charge on any atom is -0.434 e. The molecular formula is C21H16Cl2N6O4. The predicted octanol–water partition coefficient (Wildman–Crippen LogP) is 2.80. The summed E-state index contributed by atoms with van der Waals surface area (Å²) in [4.78, 5) is 38.2. The lowest BCUT2D eigenvalue weighted by molar-refractivity contribution is 0.288. The van der Waals surface area contributed by atoms with Crippen molar-refractivity contribution in [2.24, 2.45) is 5.92 Å². The second kappa shape index (κ2) is 8.17. The van der Waals surface area contributed by atoms with E-state index >= 15 is 0 Å². The SMILES string of the molecule is N#Cc1nn(-c2cc(Cl)c(Oc3n[nH]c(=O)c4c3C3CCCC(C4)C3)c(Cl)c2)c(=O)[nH]c1=O. The maximum absolute atomic E-state index is 12.4. The highest BCUT2D eigenvalue weighted by Gasteiger charge is 2.35. The normalized spacial score (nSPS) is 18.9. The summed E-state index contributed by atoms with van der Waals surface area (Å²) >= 11 is 12.8. The van der Waals surface area contributed by atoms with Gasteiger partial charge in [0, 0.05) is 11.1 Å². The van der Waals surface area contributed by atoms with E-state index < -0.39 is 16.9 Å². The summed E-state index contributed by atoms with van der Waals surface area (Å²) in [6.07, 6.45) is 4.81. The number of ether oxygens (including phenoxy) is 1. The molecule has 2 N–H and O–H groups in total. The van der Waals surface area contributed by atoms with Gasteiger partial charge in [-0.2, -0.15) is 9.94 Å². The first kappa shape index (κ1) is 21.4. The second-order valence-corrected chi connectivity index (χ2v) is 8.97. The number of hydrogen-bond donors (Lipinski definition) is 2. The molecule has 12 heteroatoms. The van der Waals surface area contributed by atoms with E-state index in [4.69, 9.17) is 33.2 Å². The zero-order valence-electron chi connectivity index (χ0n) is 17.0. The van der Waals surface area contributed by atoms with E-state index in [9.17, 15) is 14.4 Å². The van der Waals surface area contributed by atoms with E-state index in [1.165, 1.54) is 12.1 Å². The molecular weight excluding hydrogens is 471 g/mol. The maximum Gasteiger partial charge on any atom is 0.349 e. The predicted molar refractivity (Wildman–Crippen MR) is 119 cm³/mol. The van der Waals surface area contributed by atoms with E-state index in [1.54, 1.807) is 6.07 Å². The van der Waals surface area contributed by atoms with Crippen molar-refractivity contribution in [2.75, 3.05) is 0 Å². The molecule has 1 saturated carbocycles. The molecule has 2 atom stereocenters. The Labute approximate surface area is 195 Å². The Balaban J connectivity index is 1.57. The molecule has 2 aliphatic rings. The van der Waals surface area contributed by atoms with Crippen LogP contribution in [0.25, 0.3) is 5.69 Å². The molecule has 2 heterocycles. The van der Waals surface area contributed by atoms with Crippen LogP contribution in [0.4, 0.5) is 0 Å². The minimum absolute atomic E-state index is 0.0509. The number of H-pyrrole nitrogens is 2. The van der Waals surface area contributed by atoms with Gasteiger partial charge in [-0.1, -0.05) is 36.0 Å². The third-order valence-corrected chi connectivity index (χ3v) is 6.69. The van der Waals surface area contributed by atoms with Gasteiger partial charge in [-0.3, -0.25) is 14.6 Å². The van der Waals surface area contributed by atoms with E-state index in [0.29, 0.717) is 17.9 Å². The summed E-state index contributed by atoms with van der Waals surface area (Å²) < 4.78 is 6.82. The molecule has 2 aliphatic carbocycles. The lowest BCUT2D eigenvalue weighted by Crippen LogP contribution is -2.33. The van der Waals surface area contributed by atoms with Gasteiger partial charge >= 0.3 is 5.69 Å². The first-order chi connectivity index (χ1) is 15.9. The third kappa shape index (κ3) is 3.73. The highest BCUT2D eigenvalue weighted by atomic mass is 35.5. The Kier molecular flexibility index (Phi) is 5.31. The van der Waals surface area contributed by atoms with Gasteiger partial charge < -0.3 is 4.74 Å². The Morgan fingerprint density at radius 3 is 2.64 bits per heavy atom. The molecule has 5 rings (SSSR count). The van der Waals surface area contributed by atoms with Crippen molar-refractivity contribution in [3.05, 3.63) is 70.2 Å². The Bertz CT molecular complexity index is 1480. The van der Waals surface area contributed by atoms with Crippen LogP contribution in [0.15, 0.2) is 26.5 Å². The first-order valence-corrected chi connectivity index (χ1v) is 11.0. The average molecular weight is 487 g/mol. The van der Waals surface area contributed by atoms with Crippen molar-refractivity contribution in [1.29, 1.82) is 5.26 Å². The largest absolute Gasteiger partial charge is 0.434 e. The van der Waals surface area contributed by atoms with E-state index in [2.05, 4.69) is 15.3 Å². The van der Waals surface area contributed by atoms with Gasteiger partial charge in [-0.05, 0) is 43.2 Å². The van der Waals surface area contributed by atoms with Crippen LogP contribution in [0.5, 0.6) is 11.6 Å². The van der Waals surface area contributed by atoms with Crippen LogP contribution < -0.4 is 21.5 Å². The van der Waals surface area contributed by atoms with Gasteiger partial charge in [0.1, 0.15) is 6.07 Å². The summed E-state index contributed by atoms with van der Waals surface area (Å²) in [5.41, 5.74) is -0.837. The molecule has 0 saturated heterocycles. The molecule has 0 spiro atoms. The molecule has 33 heavy (non-hydrogen) atoms. The number of nitrogens with zero attached hydrogens (tertiary/aromatic N) is 4. The van der Waals surface area contributed by atoms with Gasteiger partial charge in [-0.15, -0.1) is 10.2 Å². The zero-order chi connectivity index (χ0) is 23.3. The van der Waals surface area contributed by atoms with Crippen molar-refractivity contribution in [2.45, 2.75) is 38.0 Å². The number of benzene rings is 1. The molecule has 168 valence electrons. The van der Waals surface area contributed by atoms with Gasteiger partial charge in [0.15, 0.2) is 5.75 Å². The molecule has 3 aromatic rings. The third-order valence-electron chi connectivity index (χ3n) is 6.13. The highest BCUT2D eigenvalue weighted by molar-refractivity contribution is 6.37. The topological polar surface area (TPSA) is 147 Å². The molecule has 1 fully saturated rings. The highest BCUT2D eigenvalue weighted by Crippen LogP contribution is 2.47. The lowest BCUT2D eigenvalue weighted by atomic mass is 9.70. The second-order valence-electron chi connectivity index (χ2n) is 8.16. The molecule has 1 aromatic carbocycles. The summed E-state index contributed by atoms with van der Waals surface area (Å²) in [7, 11) is 0. The summed E-state index contributed by atoms with van der Waals surface area (Å²) in [6.45, 7) is 0. The number of aromatic amines is 2. The lowest BCUT2D eigenvalue weighted by Gasteiger charge is -2.35. The van der Waals surface area contributed by atoms with Crippen LogP contribution in [-0.2, 0) is 6.42 Å². The smallest absolute Gasteiger partial charge is 0.349 e. The number of hydrogen-bond acceptors (Lipinski definition) is 7. The summed E-state index contributed by atoms with van der Waals surface area (Å²) in [5.74, 6) is 1.01. The van der Waals surface area contributed by atoms with Crippen LogP contribution in [0.1, 0.15) is 48.4 Å². The van der Waals surface area contributed by atoms with Crippen LogP contribution in [0, 0.1) is 17.2 Å². The van der Waals surface area contributed by atoms with E-state index in [-0.39, 0.29) is 38.8 Å². The van der Waals surface area contributed by atoms with Crippen LogP contribution >= 0.6 is 23.2 Å². The van der Waals surface area contributed by atoms with Crippen molar-refractivity contribution in [1.82, 2.24) is 25.0 Å². The molecule has 2 unspecified atom stereocenters. The van der Waals surface area contributed by atoms with Gasteiger partial charge in [0.25, 0.3) is 11.1 Å². The number of fused-ring (bicyclic) bond motifs is 4. The fourth-order valence-corrected chi connectivity index (χ4v) is 5.27. The molecule has 0 radical (unpaired) electrons. The quantitative estimate of drug-likeness (QED) is 0.578. The number of nitriles is 1. The standard InChI is InChI=1S/C21H16Cl2N6O4/c22-13-6-11(29-21(32)25-19(31)15(8-24)28-29)7-14(23)17(13)33-20-16-10-3-1-2-9(4-10)5-12(16)18(30)26-27-20/h6-7,9-10H,1-5H2,(H,26,30)(H,25,31,32). The molecule has 10 nitrogen and oxygen atoms in total. The average Bonchev–Trinajstić information content (AvgIpc) is 2.78. The Morgan fingerprint density at radius 1 is 1.15 bits per heavy atom. The summed E-state index contributed by atoms with van der Waals surface area (Å²) in [5, 5.41) is 19.5. The van der Waals surface area contributed by atoms with Crippen LogP contribution in [-0.4, -0.2) is 25.0 Å². The van der Waals surface area contributed by atoms with Crippen molar-refractivity contribution in [3.63, 3.8) is 0 Å². The number of rotatable bonds is 3. The van der Waals surface area contributed by atoms with Gasteiger partial charge in [0.05, 0.1) is 15.7 Å². The monoisotopic (exact) mass is 486 g/mol. The molecule has 2 bridgehead atoms. The number of nitrogens with one attached hydrogen (secondary N) is 2. The van der Waals surface area contributed by atoms with Crippen molar-refractivity contribution < 1.29 is 4.74 Å². The number of aromatic nitrogens is 5. The maximum atomic E-state index is 12.4. The first-order valence-electron chi connectivity index (χ1n) is 10.3. The Morgan fingerprint density at radius 2 is 1.91 bits per heavy atom. The van der Waals surface area contributed by atoms with E-state index in [0.717, 1.165) is 35.9 Å². The minimum atomic E-state index is -0.894. The van der Waals surface area contributed by atoms with Gasteiger partial charge in [0.2, 0.25) is 11.6 Å². The fraction of sp³-hybridized carbons (Fsp3) is 0.333. The zero-order valence-corrected chi connectivity index (χ0v) is 18.5. The van der Waals surface area contributed by atoms with Crippen LogP contribution in [0.2, 0.25) is 10.0 Å². The summed E-state index contributed by atoms with van der Waals surface area (Å²) in [6, 6.07) is 4.35. The van der Waals surface area contributed by atoms with Crippen molar-refractivity contribution in [3.8, 4) is 23.4 Å². The van der Waals surface area contributed by atoms with Crippen molar-refractivity contribution >= 4 is 23.2 Å². The molecule has 0 amide bonds. The number of halogens is 2. The molecule has 0 aliphatic heterocycles. The van der Waals surface area contributed by atoms with E-state index in [1.807, 2.05) is 4.98 Å². The van der Waals surface area contributed by atoms with Gasteiger partial charge in [-0.25, -0.2) is 9.89 Å². The van der Waals surface area contributed by atoms with Crippen LogP contribution in [0.3, 0.4) is 0 Å². The fourth-order valence-electron chi connectivity index (χ4n) is 4.72. The Hall–Kier alpha value is -3.42. The molecule has 2 aromatic heterocycles.